The quantitative estimate of drug-likeness (QED) is 0.624. The summed E-state index contributed by atoms with van der Waals surface area (Å²) in [6, 6.07) is 11.1. The third-order valence-electron chi connectivity index (χ3n) is 5.33. The van der Waals surface area contributed by atoms with E-state index in [4.69, 9.17) is 0 Å². The molecule has 0 bridgehead atoms. The summed E-state index contributed by atoms with van der Waals surface area (Å²) in [6.07, 6.45) is 1.76. The first-order chi connectivity index (χ1) is 13.8. The highest BCUT2D eigenvalue weighted by Crippen LogP contribution is 2.22. The molecule has 2 aromatic rings. The monoisotopic (exact) mass is 394 g/mol. The second kappa shape index (κ2) is 8.74. The molecule has 3 rings (SSSR count). The number of anilines is 1. The van der Waals surface area contributed by atoms with Gasteiger partial charge >= 0.3 is 0 Å². The molecule has 0 atom stereocenters. The van der Waals surface area contributed by atoms with Crippen molar-refractivity contribution in [1.82, 2.24) is 15.2 Å². The van der Waals surface area contributed by atoms with Gasteiger partial charge in [-0.2, -0.15) is 0 Å². The Morgan fingerprint density at radius 3 is 2.31 bits per heavy atom. The Morgan fingerprint density at radius 1 is 1.03 bits per heavy atom. The molecule has 1 saturated heterocycles. The van der Waals surface area contributed by atoms with Gasteiger partial charge in [-0.25, -0.2) is 4.98 Å². The molecule has 29 heavy (non-hydrogen) atoms. The van der Waals surface area contributed by atoms with Gasteiger partial charge in [-0.1, -0.05) is 51.1 Å². The Bertz CT molecular complexity index is 863. The number of hydrogen-bond acceptors (Lipinski definition) is 5. The first-order valence-corrected chi connectivity index (χ1v) is 10.1. The van der Waals surface area contributed by atoms with Crippen LogP contribution in [0.3, 0.4) is 0 Å². The molecule has 1 N–H and O–H groups in total. The van der Waals surface area contributed by atoms with Crippen LogP contribution in [0.25, 0.3) is 0 Å². The summed E-state index contributed by atoms with van der Waals surface area (Å²) in [5, 5.41) is 2.76. The highest BCUT2D eigenvalue weighted by Gasteiger charge is 2.21. The topological polar surface area (TPSA) is 65.5 Å². The summed E-state index contributed by atoms with van der Waals surface area (Å²) in [7, 11) is 2.11. The number of amides is 1. The van der Waals surface area contributed by atoms with Crippen LogP contribution in [-0.2, 0) is 16.8 Å². The first kappa shape index (κ1) is 21.0. The van der Waals surface area contributed by atoms with Gasteiger partial charge in [0.15, 0.2) is 0 Å². The second-order valence-electron chi connectivity index (χ2n) is 8.62. The fourth-order valence-electron chi connectivity index (χ4n) is 3.38. The van der Waals surface area contributed by atoms with E-state index in [0.717, 1.165) is 43.1 Å². The smallest absolute Gasteiger partial charge is 0.292 e. The molecular formula is C23H30N4O2. The van der Waals surface area contributed by atoms with Crippen molar-refractivity contribution < 1.29 is 9.59 Å². The van der Waals surface area contributed by atoms with Gasteiger partial charge in [0, 0.05) is 50.0 Å². The number of carbonyl (C=O) groups is 2. The molecule has 0 aliphatic carbocycles. The van der Waals surface area contributed by atoms with Gasteiger partial charge in [-0.05, 0) is 24.1 Å². The Morgan fingerprint density at radius 2 is 1.69 bits per heavy atom. The largest absolute Gasteiger partial charge is 0.354 e. The van der Waals surface area contributed by atoms with Gasteiger partial charge in [0.05, 0.1) is 0 Å². The number of nitrogens with one attached hydrogen (secondary N) is 1. The van der Waals surface area contributed by atoms with Crippen molar-refractivity contribution in [2.45, 2.75) is 32.7 Å². The van der Waals surface area contributed by atoms with E-state index in [-0.39, 0.29) is 12.0 Å². The Labute approximate surface area is 172 Å². The zero-order valence-corrected chi connectivity index (χ0v) is 17.7. The fourth-order valence-corrected chi connectivity index (χ4v) is 3.38. The van der Waals surface area contributed by atoms with E-state index in [1.54, 1.807) is 18.3 Å². The van der Waals surface area contributed by atoms with Crippen molar-refractivity contribution in [3.63, 3.8) is 0 Å². The summed E-state index contributed by atoms with van der Waals surface area (Å²) in [4.78, 5) is 34.0. The number of nitrogens with zero attached hydrogens (tertiary/aromatic N) is 3. The standard InChI is InChI=1S/C23H30N4O2/c1-23(2,3)19-9-7-17(8-10-19)20(28)22(29)25-16-18-6-5-11-24-21(18)27-14-12-26(4)13-15-27/h5-11H,12-16H2,1-4H3,(H,25,29). The maximum absolute atomic E-state index is 12.5. The molecule has 1 fully saturated rings. The van der Waals surface area contributed by atoms with Crippen molar-refractivity contribution in [2.24, 2.45) is 0 Å². The molecule has 154 valence electrons. The number of pyridine rings is 1. The van der Waals surface area contributed by atoms with Crippen LogP contribution >= 0.6 is 0 Å². The van der Waals surface area contributed by atoms with E-state index in [0.29, 0.717) is 5.56 Å². The molecule has 1 aliphatic rings. The number of piperazine rings is 1. The van der Waals surface area contributed by atoms with Crippen molar-refractivity contribution in [3.8, 4) is 0 Å². The van der Waals surface area contributed by atoms with Crippen LogP contribution in [0.1, 0.15) is 42.3 Å². The van der Waals surface area contributed by atoms with Gasteiger partial charge in [0.2, 0.25) is 5.78 Å². The lowest BCUT2D eigenvalue weighted by Gasteiger charge is -2.34. The third kappa shape index (κ3) is 5.21. The molecule has 0 saturated carbocycles. The van der Waals surface area contributed by atoms with E-state index in [2.05, 4.69) is 47.9 Å². The predicted octanol–water partition coefficient (Wildman–Crippen LogP) is 2.63. The molecule has 6 nitrogen and oxygen atoms in total. The van der Waals surface area contributed by atoms with E-state index < -0.39 is 11.7 Å². The van der Waals surface area contributed by atoms with Gasteiger partial charge in [0.25, 0.3) is 5.91 Å². The summed E-state index contributed by atoms with van der Waals surface area (Å²) in [5.41, 5.74) is 2.45. The first-order valence-electron chi connectivity index (χ1n) is 10.1. The summed E-state index contributed by atoms with van der Waals surface area (Å²) >= 11 is 0. The van der Waals surface area contributed by atoms with E-state index >= 15 is 0 Å². The fraction of sp³-hybridized carbons (Fsp3) is 0.435. The van der Waals surface area contributed by atoms with Gasteiger partial charge in [-0.15, -0.1) is 0 Å². The molecule has 1 aromatic carbocycles. The second-order valence-corrected chi connectivity index (χ2v) is 8.62. The zero-order valence-electron chi connectivity index (χ0n) is 17.7. The normalized spacial score (nSPS) is 15.2. The Hall–Kier alpha value is -2.73. The highest BCUT2D eigenvalue weighted by atomic mass is 16.2. The number of hydrogen-bond donors (Lipinski definition) is 1. The van der Waals surface area contributed by atoms with Crippen LogP contribution in [0.15, 0.2) is 42.6 Å². The minimum Gasteiger partial charge on any atom is -0.354 e. The van der Waals surface area contributed by atoms with Crippen LogP contribution < -0.4 is 10.2 Å². The number of rotatable bonds is 5. The van der Waals surface area contributed by atoms with Crippen molar-refractivity contribution in [1.29, 1.82) is 0 Å². The predicted molar refractivity (Wildman–Crippen MR) is 115 cm³/mol. The lowest BCUT2D eigenvalue weighted by atomic mass is 9.86. The minimum absolute atomic E-state index is 0.00378. The van der Waals surface area contributed by atoms with Crippen molar-refractivity contribution in [3.05, 3.63) is 59.3 Å². The van der Waals surface area contributed by atoms with Gasteiger partial charge in [0.1, 0.15) is 5.82 Å². The van der Waals surface area contributed by atoms with Crippen molar-refractivity contribution in [2.75, 3.05) is 38.1 Å². The van der Waals surface area contributed by atoms with E-state index in [9.17, 15) is 9.59 Å². The number of Topliss-reactive ketones (excluding diaryl/α,β-unsaturated/α-hetero) is 1. The number of benzene rings is 1. The number of likely N-dealkylation sites (N-methyl/N-ethyl adjacent to an activating group) is 1. The molecule has 2 heterocycles. The zero-order chi connectivity index (χ0) is 21.0. The minimum atomic E-state index is -0.596. The van der Waals surface area contributed by atoms with Crippen LogP contribution in [0.4, 0.5) is 5.82 Å². The molecule has 0 radical (unpaired) electrons. The Kier molecular flexibility index (Phi) is 6.33. The number of carbonyl (C=O) groups excluding carboxylic acids is 2. The van der Waals surface area contributed by atoms with Crippen LogP contribution in [-0.4, -0.2) is 54.8 Å². The molecule has 1 amide bonds. The maximum Gasteiger partial charge on any atom is 0.292 e. The van der Waals surface area contributed by atoms with Gasteiger partial charge in [-0.3, -0.25) is 9.59 Å². The maximum atomic E-state index is 12.5. The van der Waals surface area contributed by atoms with E-state index in [1.807, 2.05) is 24.3 Å². The molecule has 1 aromatic heterocycles. The molecular weight excluding hydrogens is 364 g/mol. The van der Waals surface area contributed by atoms with Crippen LogP contribution in [0.5, 0.6) is 0 Å². The van der Waals surface area contributed by atoms with E-state index in [1.165, 1.54) is 0 Å². The SMILES string of the molecule is CN1CCN(c2ncccc2CNC(=O)C(=O)c2ccc(C(C)(C)C)cc2)CC1. The summed E-state index contributed by atoms with van der Waals surface area (Å²) in [6.45, 7) is 10.4. The lowest BCUT2D eigenvalue weighted by Crippen LogP contribution is -2.45. The Balaban J connectivity index is 1.64. The van der Waals surface area contributed by atoms with Crippen molar-refractivity contribution >= 4 is 17.5 Å². The molecule has 1 aliphatic heterocycles. The average Bonchev–Trinajstić information content (AvgIpc) is 2.72. The van der Waals surface area contributed by atoms with Crippen LogP contribution in [0.2, 0.25) is 0 Å². The highest BCUT2D eigenvalue weighted by molar-refractivity contribution is 6.42. The summed E-state index contributed by atoms with van der Waals surface area (Å²) in [5.74, 6) is -0.236. The number of ketones is 1. The van der Waals surface area contributed by atoms with Gasteiger partial charge < -0.3 is 15.1 Å². The molecule has 0 spiro atoms. The summed E-state index contributed by atoms with van der Waals surface area (Å²) < 4.78 is 0. The molecule has 0 unspecified atom stereocenters. The average molecular weight is 395 g/mol. The number of aromatic nitrogens is 1. The van der Waals surface area contributed by atoms with Crippen LogP contribution in [0, 0.1) is 0 Å². The molecule has 6 heteroatoms. The lowest BCUT2D eigenvalue weighted by molar-refractivity contribution is -0.117. The third-order valence-corrected chi connectivity index (χ3v) is 5.33.